The Balaban J connectivity index is 2.49. The van der Waals surface area contributed by atoms with Crippen LogP contribution in [0.15, 0.2) is 53.4 Å². The second kappa shape index (κ2) is 8.03. The molecule has 0 amide bonds. The van der Waals surface area contributed by atoms with Crippen LogP contribution in [0.1, 0.15) is 18.1 Å². The maximum absolute atomic E-state index is 13.3. The number of ether oxygens (including phenoxy) is 1. The van der Waals surface area contributed by atoms with Gasteiger partial charge in [0.25, 0.3) is 15.6 Å². The number of aryl methyl sites for hydroxylation is 1. The molecule has 6 nitrogen and oxygen atoms in total. The summed E-state index contributed by atoms with van der Waals surface area (Å²) < 4.78 is 70.9. The minimum Gasteiger partial charge on any atom is -0.466 e. The Morgan fingerprint density at radius 2 is 1.59 bits per heavy atom. The predicted octanol–water partition coefficient (Wildman–Crippen LogP) is 3.13. The Hall–Kier alpha value is -2.59. The number of aliphatic hydroxyl groups is 1. The molecule has 1 N–H and O–H groups in total. The molecular weight excluding hydrogens is 411 g/mol. The fraction of sp³-hybridized carbons (Fsp3) is 0.316. The maximum atomic E-state index is 13.3. The number of nitrogens with zero attached hydrogens (tertiary/aromatic N) is 1. The van der Waals surface area contributed by atoms with Crippen molar-refractivity contribution in [3.8, 4) is 0 Å². The highest BCUT2D eigenvalue weighted by Gasteiger charge is 2.62. The van der Waals surface area contributed by atoms with Crippen LogP contribution < -0.4 is 4.31 Å². The summed E-state index contributed by atoms with van der Waals surface area (Å²) in [5.74, 6) is -1.89. The van der Waals surface area contributed by atoms with Crippen molar-refractivity contribution in [1.82, 2.24) is 0 Å². The van der Waals surface area contributed by atoms with Crippen LogP contribution in [0.5, 0.6) is 0 Å². The number of methoxy groups -OCH3 is 1. The number of sulfonamides is 1. The Labute approximate surface area is 166 Å². The SMILES string of the molecule is CCN(c1ccc([C@@](O)(C(=O)OC)C(F)(F)F)cc1)S(=O)(=O)c1ccc(C)cc1. The van der Waals surface area contributed by atoms with Crippen molar-refractivity contribution in [3.05, 3.63) is 59.7 Å². The molecule has 0 aliphatic heterocycles. The van der Waals surface area contributed by atoms with Gasteiger partial charge >= 0.3 is 12.1 Å². The standard InChI is InChI=1S/C19H20F3NO5S/c1-4-23(29(26,27)16-11-5-13(2)6-12-16)15-9-7-14(8-10-15)18(25,17(24)28-3)19(20,21)22/h5-12,25H,4H2,1-3H3/t18-/m1/s1. The third-order valence-electron chi connectivity index (χ3n) is 4.36. The topological polar surface area (TPSA) is 83.9 Å². The van der Waals surface area contributed by atoms with E-state index in [4.69, 9.17) is 0 Å². The van der Waals surface area contributed by atoms with E-state index < -0.39 is 33.3 Å². The molecule has 0 saturated carbocycles. The van der Waals surface area contributed by atoms with Crippen molar-refractivity contribution in [2.75, 3.05) is 18.0 Å². The first-order valence-corrected chi connectivity index (χ1v) is 9.91. The third-order valence-corrected chi connectivity index (χ3v) is 6.28. The summed E-state index contributed by atoms with van der Waals surface area (Å²) in [7, 11) is -3.24. The molecule has 0 unspecified atom stereocenters. The molecule has 0 saturated heterocycles. The molecule has 0 spiro atoms. The first kappa shape index (κ1) is 22.7. The highest BCUT2D eigenvalue weighted by molar-refractivity contribution is 7.92. The van der Waals surface area contributed by atoms with Gasteiger partial charge in [-0.1, -0.05) is 29.8 Å². The Morgan fingerprint density at radius 3 is 2.00 bits per heavy atom. The number of rotatable bonds is 6. The smallest absolute Gasteiger partial charge is 0.432 e. The van der Waals surface area contributed by atoms with Gasteiger partial charge in [-0.05, 0) is 38.1 Å². The molecule has 0 aromatic heterocycles. The van der Waals surface area contributed by atoms with E-state index >= 15 is 0 Å². The lowest BCUT2D eigenvalue weighted by molar-refractivity contribution is -0.266. The van der Waals surface area contributed by atoms with Gasteiger partial charge in [0.1, 0.15) is 0 Å². The lowest BCUT2D eigenvalue weighted by Crippen LogP contribution is -2.49. The summed E-state index contributed by atoms with van der Waals surface area (Å²) in [5, 5.41) is 10.0. The van der Waals surface area contributed by atoms with Gasteiger partial charge in [0.05, 0.1) is 17.7 Å². The Kier molecular flexibility index (Phi) is 6.29. The molecule has 2 aromatic rings. The summed E-state index contributed by atoms with van der Waals surface area (Å²) in [4.78, 5) is 11.7. The second-order valence-electron chi connectivity index (χ2n) is 6.23. The number of alkyl halides is 3. The lowest BCUT2D eigenvalue weighted by atomic mass is 9.93. The van der Waals surface area contributed by atoms with Crippen molar-refractivity contribution < 1.29 is 36.2 Å². The summed E-state index contributed by atoms with van der Waals surface area (Å²) in [6, 6.07) is 9.98. The van der Waals surface area contributed by atoms with E-state index in [-0.39, 0.29) is 17.1 Å². The molecule has 1 atom stereocenters. The van der Waals surface area contributed by atoms with Gasteiger partial charge in [0, 0.05) is 12.1 Å². The van der Waals surface area contributed by atoms with E-state index in [2.05, 4.69) is 4.74 Å². The third kappa shape index (κ3) is 4.08. The molecule has 158 valence electrons. The number of halogens is 3. The zero-order valence-electron chi connectivity index (χ0n) is 15.9. The van der Waals surface area contributed by atoms with Crippen molar-refractivity contribution in [2.24, 2.45) is 0 Å². The van der Waals surface area contributed by atoms with Crippen LogP contribution in [0.25, 0.3) is 0 Å². The van der Waals surface area contributed by atoms with E-state index in [0.717, 1.165) is 41.2 Å². The summed E-state index contributed by atoms with van der Waals surface area (Å²) in [6.07, 6.45) is -5.33. The second-order valence-corrected chi connectivity index (χ2v) is 8.09. The molecule has 2 rings (SSSR count). The minimum atomic E-state index is -5.33. The summed E-state index contributed by atoms with van der Waals surface area (Å²) >= 11 is 0. The largest absolute Gasteiger partial charge is 0.466 e. The van der Waals surface area contributed by atoms with Crippen LogP contribution in [0.2, 0.25) is 0 Å². The van der Waals surface area contributed by atoms with Gasteiger partial charge in [-0.25, -0.2) is 13.2 Å². The van der Waals surface area contributed by atoms with Crippen molar-refractivity contribution in [3.63, 3.8) is 0 Å². The van der Waals surface area contributed by atoms with Gasteiger partial charge in [0.2, 0.25) is 0 Å². The molecule has 2 aromatic carbocycles. The highest BCUT2D eigenvalue weighted by atomic mass is 32.2. The quantitative estimate of drug-likeness (QED) is 0.711. The van der Waals surface area contributed by atoms with Crippen LogP contribution in [-0.2, 0) is 25.2 Å². The summed E-state index contributed by atoms with van der Waals surface area (Å²) in [5.41, 5.74) is -3.71. The molecule has 0 aliphatic rings. The van der Waals surface area contributed by atoms with Gasteiger partial charge in [-0.3, -0.25) is 4.31 Å². The van der Waals surface area contributed by atoms with E-state index in [9.17, 15) is 31.5 Å². The molecule has 0 radical (unpaired) electrons. The molecule has 0 heterocycles. The number of hydrogen-bond donors (Lipinski definition) is 1. The van der Waals surface area contributed by atoms with Gasteiger partial charge in [0.15, 0.2) is 0 Å². The molecule has 0 bridgehead atoms. The number of benzene rings is 2. The van der Waals surface area contributed by atoms with Gasteiger partial charge < -0.3 is 9.84 Å². The highest BCUT2D eigenvalue weighted by Crippen LogP contribution is 2.40. The van der Waals surface area contributed by atoms with Gasteiger partial charge in [-0.2, -0.15) is 13.2 Å². The maximum Gasteiger partial charge on any atom is 0.432 e. The predicted molar refractivity (Wildman–Crippen MR) is 99.8 cm³/mol. The minimum absolute atomic E-state index is 0.0100. The first-order valence-electron chi connectivity index (χ1n) is 8.47. The summed E-state index contributed by atoms with van der Waals surface area (Å²) in [6.45, 7) is 3.38. The number of esters is 1. The van der Waals surface area contributed by atoms with Crippen molar-refractivity contribution in [1.29, 1.82) is 0 Å². The number of carbonyl (C=O) groups excluding carboxylic acids is 1. The fourth-order valence-electron chi connectivity index (χ4n) is 2.74. The van der Waals surface area contributed by atoms with Crippen molar-refractivity contribution in [2.45, 2.75) is 30.5 Å². The fourth-order valence-corrected chi connectivity index (χ4v) is 4.22. The number of anilines is 1. The Morgan fingerprint density at radius 1 is 1.07 bits per heavy atom. The zero-order valence-corrected chi connectivity index (χ0v) is 16.7. The van der Waals surface area contributed by atoms with E-state index in [1.807, 2.05) is 0 Å². The molecule has 0 aliphatic carbocycles. The monoisotopic (exact) mass is 431 g/mol. The van der Waals surface area contributed by atoms with Crippen LogP contribution >= 0.6 is 0 Å². The van der Waals surface area contributed by atoms with E-state index in [0.29, 0.717) is 0 Å². The average Bonchev–Trinajstić information content (AvgIpc) is 2.67. The molecule has 29 heavy (non-hydrogen) atoms. The molecule has 10 heteroatoms. The van der Waals surface area contributed by atoms with Crippen LogP contribution in [0.4, 0.5) is 18.9 Å². The van der Waals surface area contributed by atoms with Crippen LogP contribution in [-0.4, -0.2) is 39.3 Å². The zero-order chi connectivity index (χ0) is 22.0. The Bertz CT molecular complexity index is 972. The van der Waals surface area contributed by atoms with Crippen LogP contribution in [0.3, 0.4) is 0 Å². The lowest BCUT2D eigenvalue weighted by Gasteiger charge is -2.29. The average molecular weight is 431 g/mol. The number of hydrogen-bond acceptors (Lipinski definition) is 5. The van der Waals surface area contributed by atoms with E-state index in [1.165, 1.54) is 12.1 Å². The van der Waals surface area contributed by atoms with Crippen molar-refractivity contribution >= 4 is 21.7 Å². The normalized spacial score (nSPS) is 14.2. The molecule has 0 fully saturated rings. The number of carbonyl (C=O) groups is 1. The molecular formula is C19H20F3NO5S. The van der Waals surface area contributed by atoms with E-state index in [1.54, 1.807) is 26.0 Å². The first-order chi connectivity index (χ1) is 13.4. The van der Waals surface area contributed by atoms with Gasteiger partial charge in [-0.15, -0.1) is 0 Å². The van der Waals surface area contributed by atoms with Crippen LogP contribution in [0, 0.1) is 6.92 Å².